The third kappa shape index (κ3) is 8.44. The van der Waals surface area contributed by atoms with Crippen molar-refractivity contribution in [3.8, 4) is 0 Å². The van der Waals surface area contributed by atoms with E-state index in [0.29, 0.717) is 12.2 Å². The summed E-state index contributed by atoms with van der Waals surface area (Å²) in [6, 6.07) is 1.17. The number of carbonyl (C=O) groups excluding carboxylic acids is 1. The summed E-state index contributed by atoms with van der Waals surface area (Å²) < 4.78 is 10.6. The molecule has 3 nitrogen and oxygen atoms in total. The number of rotatable bonds is 6. The van der Waals surface area contributed by atoms with E-state index in [9.17, 15) is 4.79 Å². The van der Waals surface area contributed by atoms with Crippen molar-refractivity contribution in [2.45, 2.75) is 39.0 Å². The predicted octanol–water partition coefficient (Wildman–Crippen LogP) is 1.46. The fraction of sp³-hybridized carbons (Fsp3) is 0.700. The zero-order valence-electron chi connectivity index (χ0n) is 10.4. The maximum atomic E-state index is 11.4. The molecule has 88 valence electrons. The Kier molecular flexibility index (Phi) is 6.59. The van der Waals surface area contributed by atoms with Gasteiger partial charge in [-0.25, -0.2) is 4.79 Å². The molecule has 0 aliphatic heterocycles. The van der Waals surface area contributed by atoms with Crippen LogP contribution in [0.25, 0.3) is 0 Å². The highest BCUT2D eigenvalue weighted by molar-refractivity contribution is 6.69. The Morgan fingerprint density at radius 3 is 2.47 bits per heavy atom. The smallest absolute Gasteiger partial charge is 0.336 e. The minimum absolute atomic E-state index is 0.261. The van der Waals surface area contributed by atoms with Crippen molar-refractivity contribution in [1.82, 2.24) is 0 Å². The average molecular weight is 246 g/mol. The Morgan fingerprint density at radius 2 is 2.00 bits per heavy atom. The van der Waals surface area contributed by atoms with Crippen LogP contribution in [0.4, 0.5) is 0 Å². The molecule has 0 aromatic heterocycles. The molecule has 0 spiro atoms. The number of hydrogen-bond acceptors (Lipinski definition) is 3. The summed E-state index contributed by atoms with van der Waals surface area (Å²) in [6.45, 7) is 8.47. The lowest BCUT2D eigenvalue weighted by Gasteiger charge is -2.15. The van der Waals surface area contributed by atoms with E-state index >= 15 is 0 Å². The lowest BCUT2D eigenvalue weighted by molar-refractivity contribution is -0.139. The van der Waals surface area contributed by atoms with Crippen molar-refractivity contribution in [2.24, 2.45) is 0 Å². The van der Waals surface area contributed by atoms with Gasteiger partial charge in [0, 0.05) is 10.2 Å². The highest BCUT2D eigenvalue weighted by Crippen LogP contribution is 2.06. The van der Waals surface area contributed by atoms with E-state index in [1.165, 1.54) is 22.5 Å². The second-order valence-corrected chi connectivity index (χ2v) is 9.98. The van der Waals surface area contributed by atoms with Gasteiger partial charge in [-0.3, -0.25) is 0 Å². The Bertz CT molecular complexity index is 231. The molecule has 0 rings (SSSR count). The quantitative estimate of drug-likeness (QED) is 0.234. The number of esters is 1. The van der Waals surface area contributed by atoms with Gasteiger partial charge in [-0.2, -0.15) is 0 Å². The molecule has 15 heavy (non-hydrogen) atoms. The van der Waals surface area contributed by atoms with E-state index in [4.69, 9.17) is 9.16 Å². The van der Waals surface area contributed by atoms with E-state index in [1.807, 2.05) is 0 Å². The van der Waals surface area contributed by atoms with Gasteiger partial charge in [0.15, 0.2) is 0 Å². The van der Waals surface area contributed by atoms with E-state index in [0.717, 1.165) is 6.42 Å². The number of hydrogen-bond donors (Lipinski definition) is 0. The van der Waals surface area contributed by atoms with Crippen LogP contribution >= 0.6 is 0 Å². The third-order valence-corrected chi connectivity index (χ3v) is 3.17. The van der Waals surface area contributed by atoms with E-state index in [2.05, 4.69) is 19.6 Å². The molecule has 0 fully saturated rings. The zero-order chi connectivity index (χ0) is 11.9. The SMILES string of the molecule is CC(=CO[Si](C)(C)C)C(=O)OCCC[SiH3]. The second-order valence-electron chi connectivity index (χ2n) is 4.52. The maximum Gasteiger partial charge on any atom is 0.336 e. The summed E-state index contributed by atoms with van der Waals surface area (Å²) in [5.41, 5.74) is 0.547. The van der Waals surface area contributed by atoms with Crippen molar-refractivity contribution >= 4 is 24.5 Å². The van der Waals surface area contributed by atoms with Crippen LogP contribution in [0.2, 0.25) is 25.7 Å². The van der Waals surface area contributed by atoms with E-state index < -0.39 is 8.32 Å². The zero-order valence-corrected chi connectivity index (χ0v) is 13.4. The molecule has 5 heteroatoms. The molecule has 0 aromatic carbocycles. The van der Waals surface area contributed by atoms with Crippen molar-refractivity contribution in [3.05, 3.63) is 11.8 Å². The van der Waals surface area contributed by atoms with Gasteiger partial charge in [-0.05, 0) is 33.0 Å². The van der Waals surface area contributed by atoms with Gasteiger partial charge in [0.05, 0.1) is 18.4 Å². The summed E-state index contributed by atoms with van der Waals surface area (Å²) >= 11 is 0. The van der Waals surface area contributed by atoms with Crippen LogP contribution in [-0.4, -0.2) is 31.1 Å². The first-order chi connectivity index (χ1) is 6.87. The first-order valence-corrected chi connectivity index (χ1v) is 10.2. The lowest BCUT2D eigenvalue weighted by atomic mass is 10.3. The fourth-order valence-corrected chi connectivity index (χ4v) is 1.56. The van der Waals surface area contributed by atoms with Gasteiger partial charge >= 0.3 is 5.97 Å². The molecule has 0 aromatic rings. The van der Waals surface area contributed by atoms with Crippen LogP contribution in [0.15, 0.2) is 11.8 Å². The third-order valence-electron chi connectivity index (χ3n) is 1.64. The molecule has 0 bridgehead atoms. The van der Waals surface area contributed by atoms with Crippen LogP contribution in [0.3, 0.4) is 0 Å². The Labute approximate surface area is 96.4 Å². The summed E-state index contributed by atoms with van der Waals surface area (Å²) in [6.07, 6.45) is 2.51. The molecule has 0 unspecified atom stereocenters. The molecule has 0 amide bonds. The van der Waals surface area contributed by atoms with Gasteiger partial charge in [-0.1, -0.05) is 6.04 Å². The van der Waals surface area contributed by atoms with Crippen molar-refractivity contribution in [2.75, 3.05) is 6.61 Å². The van der Waals surface area contributed by atoms with E-state index in [-0.39, 0.29) is 5.97 Å². The van der Waals surface area contributed by atoms with Gasteiger partial charge < -0.3 is 9.16 Å². The Balaban J connectivity index is 3.97. The standard InChI is InChI=1S/C10H22O3Si2/c1-9(8-13-15(2,3)4)10(11)12-6-5-7-14/h8H,5-7H2,1-4,14H3. The summed E-state index contributed by atoms with van der Waals surface area (Å²) in [5.74, 6) is -0.261. The van der Waals surface area contributed by atoms with Crippen LogP contribution in [0.1, 0.15) is 13.3 Å². The van der Waals surface area contributed by atoms with Crippen LogP contribution < -0.4 is 0 Å². The fourth-order valence-electron chi connectivity index (χ4n) is 0.736. The Hall–Kier alpha value is -0.556. The highest BCUT2D eigenvalue weighted by atomic mass is 28.4. The normalized spacial score (nSPS) is 12.7. The van der Waals surface area contributed by atoms with Crippen LogP contribution in [-0.2, 0) is 14.0 Å². The summed E-state index contributed by atoms with van der Waals surface area (Å²) in [5, 5.41) is 0. The number of ether oxygens (including phenoxy) is 1. The number of carbonyl (C=O) groups is 1. The molecule has 0 N–H and O–H groups in total. The molecule has 0 atom stereocenters. The average Bonchev–Trinajstić information content (AvgIpc) is 2.13. The second kappa shape index (κ2) is 6.84. The van der Waals surface area contributed by atoms with Crippen molar-refractivity contribution in [1.29, 1.82) is 0 Å². The monoisotopic (exact) mass is 246 g/mol. The highest BCUT2D eigenvalue weighted by Gasteiger charge is 2.15. The maximum absolute atomic E-state index is 11.4. The van der Waals surface area contributed by atoms with Gasteiger partial charge in [0.25, 0.3) is 0 Å². The molecule has 0 heterocycles. The molecular formula is C10H22O3Si2. The summed E-state index contributed by atoms with van der Waals surface area (Å²) in [4.78, 5) is 11.4. The van der Waals surface area contributed by atoms with Crippen molar-refractivity contribution < 1.29 is 14.0 Å². The molecule has 0 saturated carbocycles. The van der Waals surface area contributed by atoms with E-state index in [1.54, 1.807) is 6.92 Å². The summed E-state index contributed by atoms with van der Waals surface area (Å²) in [7, 11) is -0.417. The largest absolute Gasteiger partial charge is 0.549 e. The minimum Gasteiger partial charge on any atom is -0.549 e. The topological polar surface area (TPSA) is 35.5 Å². The minimum atomic E-state index is -1.58. The Morgan fingerprint density at radius 1 is 1.40 bits per heavy atom. The molecule has 0 radical (unpaired) electrons. The van der Waals surface area contributed by atoms with Gasteiger partial charge in [0.1, 0.15) is 0 Å². The first-order valence-electron chi connectivity index (χ1n) is 5.38. The van der Waals surface area contributed by atoms with Crippen LogP contribution in [0, 0.1) is 0 Å². The molecule has 0 aliphatic rings. The van der Waals surface area contributed by atoms with Gasteiger partial charge in [-0.15, -0.1) is 0 Å². The molecule has 0 aliphatic carbocycles. The van der Waals surface area contributed by atoms with Gasteiger partial charge in [0.2, 0.25) is 8.32 Å². The first kappa shape index (κ1) is 14.4. The molecular weight excluding hydrogens is 224 g/mol. The predicted molar refractivity (Wildman–Crippen MR) is 68.5 cm³/mol. The van der Waals surface area contributed by atoms with Crippen LogP contribution in [0.5, 0.6) is 0 Å². The molecule has 0 saturated heterocycles. The van der Waals surface area contributed by atoms with Crippen molar-refractivity contribution in [3.63, 3.8) is 0 Å². The lowest BCUT2D eigenvalue weighted by Crippen LogP contribution is -2.22.